The molecule has 0 aliphatic rings. The number of aryl methyl sites for hydroxylation is 1. The molecule has 0 aliphatic carbocycles. The highest BCUT2D eigenvalue weighted by Crippen LogP contribution is 2.03. The van der Waals surface area contributed by atoms with Gasteiger partial charge in [-0.1, -0.05) is 0 Å². The molecule has 1 aromatic heterocycles. The third-order valence-corrected chi connectivity index (χ3v) is 3.08. The predicted octanol–water partition coefficient (Wildman–Crippen LogP) is -2.53. The van der Waals surface area contributed by atoms with Crippen molar-refractivity contribution < 1.29 is 14.7 Å². The lowest BCUT2D eigenvalue weighted by Crippen LogP contribution is -2.45. The summed E-state index contributed by atoms with van der Waals surface area (Å²) in [5.41, 5.74) is 9.37. The largest absolute Gasteiger partial charge is 0.480 e. The number of guanidine groups is 1. The number of carbonyl (C=O) groups excluding carboxylic acids is 1. The van der Waals surface area contributed by atoms with E-state index in [0.29, 0.717) is 0 Å². The Hall–Kier alpha value is -3.11. The van der Waals surface area contributed by atoms with Crippen LogP contribution in [0.5, 0.6) is 0 Å². The molecule has 24 heavy (non-hydrogen) atoms. The number of rotatable bonds is 7. The fraction of sp³-hybridized carbons (Fsp3) is 0.462. The number of aromatic amines is 1. The smallest absolute Gasteiger partial charge is 0.328 e. The van der Waals surface area contributed by atoms with Gasteiger partial charge in [0, 0.05) is 18.2 Å². The number of nitrogens with zero attached hydrogens (tertiary/aromatic N) is 2. The highest BCUT2D eigenvalue weighted by Gasteiger charge is 2.22. The average Bonchev–Trinajstić information content (AvgIpc) is 2.43. The average molecular weight is 340 g/mol. The summed E-state index contributed by atoms with van der Waals surface area (Å²) >= 11 is 0. The number of H-pyrrole nitrogens is 1. The van der Waals surface area contributed by atoms with Gasteiger partial charge in [-0.2, -0.15) is 0 Å². The highest BCUT2D eigenvalue weighted by atomic mass is 16.4. The molecular formula is C13H20N6O5. The summed E-state index contributed by atoms with van der Waals surface area (Å²) < 4.78 is 0.977. The number of carboxylic acid groups (broad SMARTS) is 1. The molecule has 0 aromatic carbocycles. The molecule has 11 nitrogen and oxygen atoms in total. The van der Waals surface area contributed by atoms with E-state index in [-0.39, 0.29) is 17.9 Å². The van der Waals surface area contributed by atoms with Crippen LogP contribution in [0.1, 0.15) is 18.9 Å². The monoisotopic (exact) mass is 340 g/mol. The van der Waals surface area contributed by atoms with E-state index in [9.17, 15) is 19.2 Å². The maximum Gasteiger partial charge on any atom is 0.328 e. The molecule has 1 unspecified atom stereocenters. The van der Waals surface area contributed by atoms with Crippen molar-refractivity contribution in [2.24, 2.45) is 16.5 Å². The van der Waals surface area contributed by atoms with Crippen LogP contribution in [0, 0.1) is 6.92 Å². The molecular weight excluding hydrogens is 320 g/mol. The zero-order valence-corrected chi connectivity index (χ0v) is 13.3. The number of amides is 1. The fourth-order valence-corrected chi connectivity index (χ4v) is 2.00. The number of carboxylic acids is 1. The third-order valence-electron chi connectivity index (χ3n) is 3.08. The van der Waals surface area contributed by atoms with Crippen LogP contribution in [0.4, 0.5) is 0 Å². The number of nitrogens with one attached hydrogen (secondary N) is 2. The van der Waals surface area contributed by atoms with Crippen molar-refractivity contribution in [3.8, 4) is 0 Å². The van der Waals surface area contributed by atoms with Crippen LogP contribution >= 0.6 is 0 Å². The first-order valence-corrected chi connectivity index (χ1v) is 7.01. The summed E-state index contributed by atoms with van der Waals surface area (Å²) in [6, 6.07) is -1.75. The number of aromatic nitrogens is 2. The normalized spacial score (nSPS) is 12.9. The number of hydrogen-bond acceptors (Lipinski definition) is 5. The molecule has 0 saturated carbocycles. The number of aliphatic imine (C=N–C) groups is 1. The second-order valence-corrected chi connectivity index (χ2v) is 5.30. The van der Waals surface area contributed by atoms with Crippen LogP contribution < -0.4 is 28.0 Å². The molecule has 7 N–H and O–H groups in total. The van der Waals surface area contributed by atoms with Gasteiger partial charge in [0.2, 0.25) is 5.91 Å². The van der Waals surface area contributed by atoms with Gasteiger partial charge in [-0.05, 0) is 13.8 Å². The summed E-state index contributed by atoms with van der Waals surface area (Å²) in [5.74, 6) is -2.15. The maximum atomic E-state index is 12.0. The molecule has 0 radical (unpaired) electrons. The van der Waals surface area contributed by atoms with Crippen molar-refractivity contribution >= 4 is 17.8 Å². The van der Waals surface area contributed by atoms with Crippen molar-refractivity contribution in [2.45, 2.75) is 38.9 Å². The van der Waals surface area contributed by atoms with Crippen molar-refractivity contribution in [1.82, 2.24) is 14.9 Å². The Labute approximate surface area is 136 Å². The Bertz CT molecular complexity index is 761. The van der Waals surface area contributed by atoms with Gasteiger partial charge in [0.05, 0.1) is 6.04 Å². The van der Waals surface area contributed by atoms with Crippen LogP contribution in [0.3, 0.4) is 0 Å². The van der Waals surface area contributed by atoms with Gasteiger partial charge in [0.25, 0.3) is 5.56 Å². The van der Waals surface area contributed by atoms with Crippen LogP contribution in [0.2, 0.25) is 0 Å². The molecule has 0 fully saturated rings. The van der Waals surface area contributed by atoms with E-state index in [2.05, 4.69) is 15.3 Å². The van der Waals surface area contributed by atoms with E-state index >= 15 is 0 Å². The van der Waals surface area contributed by atoms with Crippen LogP contribution in [-0.2, 0) is 16.1 Å². The SMILES string of the molecule is Cc1cn(CC(=O)N[C@@H](CC(C)N=C(N)N)C(=O)O)c(=O)[nH]c1=O. The minimum atomic E-state index is -1.26. The molecule has 11 heteroatoms. The minimum absolute atomic E-state index is 0.0292. The molecule has 1 rings (SSSR count). The molecule has 1 aromatic rings. The number of hydrogen-bond donors (Lipinski definition) is 5. The topological polar surface area (TPSA) is 186 Å². The second-order valence-electron chi connectivity index (χ2n) is 5.30. The number of carbonyl (C=O) groups is 2. The standard InChI is InChI=1S/C13H20N6O5/c1-6-4-19(13(24)18-10(6)21)5-9(20)17-8(11(22)23)3-7(2)16-12(14)15/h4,7-8H,3,5H2,1-2H3,(H,17,20)(H,22,23)(H4,14,15,16)(H,18,21,24)/t7?,8-/m0/s1. The summed E-state index contributed by atoms with van der Waals surface area (Å²) in [7, 11) is 0. The summed E-state index contributed by atoms with van der Waals surface area (Å²) in [5, 5.41) is 11.5. The molecule has 0 aliphatic heterocycles. The molecule has 2 atom stereocenters. The Kier molecular flexibility index (Phi) is 6.27. The lowest BCUT2D eigenvalue weighted by atomic mass is 10.1. The van der Waals surface area contributed by atoms with E-state index < -0.39 is 41.8 Å². The van der Waals surface area contributed by atoms with Gasteiger partial charge in [-0.15, -0.1) is 0 Å². The second kappa shape index (κ2) is 7.94. The molecule has 0 bridgehead atoms. The Balaban J connectivity index is 2.81. The first-order chi connectivity index (χ1) is 11.1. The third kappa shape index (κ3) is 5.59. The highest BCUT2D eigenvalue weighted by molar-refractivity contribution is 5.83. The van der Waals surface area contributed by atoms with Gasteiger partial charge < -0.3 is 21.9 Å². The summed E-state index contributed by atoms with van der Waals surface area (Å²) in [6.45, 7) is 2.64. The quantitative estimate of drug-likeness (QED) is 0.267. The Morgan fingerprint density at radius 3 is 2.58 bits per heavy atom. The van der Waals surface area contributed by atoms with Crippen molar-refractivity contribution in [3.63, 3.8) is 0 Å². The van der Waals surface area contributed by atoms with Crippen molar-refractivity contribution in [2.75, 3.05) is 0 Å². The zero-order valence-electron chi connectivity index (χ0n) is 13.3. The van der Waals surface area contributed by atoms with Crippen LogP contribution in [0.15, 0.2) is 20.8 Å². The lowest BCUT2D eigenvalue weighted by Gasteiger charge is -2.17. The van der Waals surface area contributed by atoms with E-state index in [1.165, 1.54) is 13.1 Å². The maximum absolute atomic E-state index is 12.0. The van der Waals surface area contributed by atoms with Crippen molar-refractivity contribution in [3.05, 3.63) is 32.6 Å². The van der Waals surface area contributed by atoms with Gasteiger partial charge in [0.1, 0.15) is 12.6 Å². The van der Waals surface area contributed by atoms with Gasteiger partial charge in [0.15, 0.2) is 5.96 Å². The van der Waals surface area contributed by atoms with Gasteiger partial charge in [-0.3, -0.25) is 24.1 Å². The lowest BCUT2D eigenvalue weighted by molar-refractivity contribution is -0.142. The van der Waals surface area contributed by atoms with Crippen molar-refractivity contribution in [1.29, 1.82) is 0 Å². The predicted molar refractivity (Wildman–Crippen MR) is 85.5 cm³/mol. The fourth-order valence-electron chi connectivity index (χ4n) is 2.00. The zero-order chi connectivity index (χ0) is 18.4. The van der Waals surface area contributed by atoms with E-state index in [4.69, 9.17) is 16.6 Å². The van der Waals surface area contributed by atoms with Crippen LogP contribution in [0.25, 0.3) is 0 Å². The Morgan fingerprint density at radius 1 is 1.42 bits per heavy atom. The molecule has 0 spiro atoms. The van der Waals surface area contributed by atoms with Gasteiger partial charge in [-0.25, -0.2) is 9.59 Å². The van der Waals surface area contributed by atoms with Crippen LogP contribution in [-0.4, -0.2) is 44.6 Å². The Morgan fingerprint density at radius 2 is 2.04 bits per heavy atom. The summed E-state index contributed by atoms with van der Waals surface area (Å²) in [4.78, 5) is 51.9. The van der Waals surface area contributed by atoms with Gasteiger partial charge >= 0.3 is 11.7 Å². The first kappa shape index (κ1) is 18.9. The molecule has 1 heterocycles. The number of nitrogens with two attached hydrogens (primary N) is 2. The molecule has 132 valence electrons. The van der Waals surface area contributed by atoms with E-state index in [1.54, 1.807) is 6.92 Å². The molecule has 0 saturated heterocycles. The van der Waals surface area contributed by atoms with E-state index in [1.807, 2.05) is 0 Å². The minimum Gasteiger partial charge on any atom is -0.480 e. The summed E-state index contributed by atoms with van der Waals surface area (Å²) in [6.07, 6.45) is 1.19. The first-order valence-electron chi connectivity index (χ1n) is 7.01. The number of aliphatic carboxylic acids is 1. The van der Waals surface area contributed by atoms with E-state index in [0.717, 1.165) is 4.57 Å². The molecule has 1 amide bonds.